The van der Waals surface area contributed by atoms with Crippen molar-refractivity contribution in [2.75, 3.05) is 0 Å². The lowest BCUT2D eigenvalue weighted by atomic mass is 9.87. The minimum atomic E-state index is -0.657. The summed E-state index contributed by atoms with van der Waals surface area (Å²) in [5, 5.41) is 11.2. The van der Waals surface area contributed by atoms with Crippen LogP contribution < -0.4 is 0 Å². The largest absolute Gasteiger partial charge is 0.481 e. The van der Waals surface area contributed by atoms with Gasteiger partial charge in [-0.1, -0.05) is 12.8 Å². The molecule has 1 aliphatic carbocycles. The molecule has 1 saturated carbocycles. The third-order valence-corrected chi connectivity index (χ3v) is 3.83. The topological polar surface area (TPSA) is 50.2 Å². The van der Waals surface area contributed by atoms with Gasteiger partial charge in [-0.15, -0.1) is 11.3 Å². The van der Waals surface area contributed by atoms with Gasteiger partial charge >= 0.3 is 5.97 Å². The summed E-state index contributed by atoms with van der Waals surface area (Å²) in [7, 11) is 0. The molecular weight excluding hydrogens is 210 g/mol. The first kappa shape index (κ1) is 10.6. The molecule has 0 amide bonds. The third kappa shape index (κ3) is 2.56. The minimum absolute atomic E-state index is 0.227. The molecule has 1 fully saturated rings. The van der Waals surface area contributed by atoms with Crippen LogP contribution in [0.3, 0.4) is 0 Å². The second kappa shape index (κ2) is 4.75. The van der Waals surface area contributed by atoms with Crippen molar-refractivity contribution in [3.8, 4) is 0 Å². The highest BCUT2D eigenvalue weighted by Gasteiger charge is 2.30. The Hall–Kier alpha value is -0.900. The standard InChI is InChI=1S/C11H15NO2S/c13-11(14)10(8-3-1-2-4-8)5-9-6-15-7-12-9/h6-8,10H,1-5H2,(H,13,14). The molecule has 0 radical (unpaired) electrons. The fraction of sp³-hybridized carbons (Fsp3) is 0.636. The molecule has 15 heavy (non-hydrogen) atoms. The van der Waals surface area contributed by atoms with Crippen LogP contribution in [-0.4, -0.2) is 16.1 Å². The average Bonchev–Trinajstić information content (AvgIpc) is 2.87. The van der Waals surface area contributed by atoms with Crippen molar-refractivity contribution in [1.82, 2.24) is 4.98 Å². The number of carboxylic acid groups (broad SMARTS) is 1. The van der Waals surface area contributed by atoms with Crippen molar-refractivity contribution < 1.29 is 9.90 Å². The first-order valence-electron chi connectivity index (χ1n) is 5.37. The minimum Gasteiger partial charge on any atom is -0.481 e. The molecule has 2 rings (SSSR count). The second-order valence-corrected chi connectivity index (χ2v) is 4.89. The number of hydrogen-bond donors (Lipinski definition) is 1. The number of aliphatic carboxylic acids is 1. The van der Waals surface area contributed by atoms with Crippen LogP contribution in [0.4, 0.5) is 0 Å². The molecule has 1 aliphatic rings. The molecule has 1 aromatic rings. The summed E-state index contributed by atoms with van der Waals surface area (Å²) in [6.45, 7) is 0. The summed E-state index contributed by atoms with van der Waals surface area (Å²) < 4.78 is 0. The summed E-state index contributed by atoms with van der Waals surface area (Å²) >= 11 is 1.53. The van der Waals surface area contributed by atoms with Gasteiger partial charge in [0.2, 0.25) is 0 Å². The Labute approximate surface area is 93.2 Å². The van der Waals surface area contributed by atoms with E-state index in [-0.39, 0.29) is 5.92 Å². The zero-order chi connectivity index (χ0) is 10.7. The smallest absolute Gasteiger partial charge is 0.307 e. The summed E-state index contributed by atoms with van der Waals surface area (Å²) in [6.07, 6.45) is 5.11. The van der Waals surface area contributed by atoms with E-state index in [0.29, 0.717) is 12.3 Å². The Balaban J connectivity index is 2.03. The van der Waals surface area contributed by atoms with E-state index in [1.807, 2.05) is 5.38 Å². The number of hydrogen-bond acceptors (Lipinski definition) is 3. The van der Waals surface area contributed by atoms with Gasteiger partial charge in [-0.2, -0.15) is 0 Å². The summed E-state index contributed by atoms with van der Waals surface area (Å²) in [6, 6.07) is 0. The van der Waals surface area contributed by atoms with Gasteiger partial charge in [0.05, 0.1) is 17.1 Å². The van der Waals surface area contributed by atoms with Gasteiger partial charge in [0.1, 0.15) is 0 Å². The van der Waals surface area contributed by atoms with Crippen molar-refractivity contribution in [3.05, 3.63) is 16.6 Å². The number of aromatic nitrogens is 1. The molecule has 0 saturated heterocycles. The van der Waals surface area contributed by atoms with E-state index in [0.717, 1.165) is 18.5 Å². The predicted octanol–water partition coefficient (Wildman–Crippen LogP) is 2.58. The van der Waals surface area contributed by atoms with E-state index in [4.69, 9.17) is 0 Å². The van der Waals surface area contributed by atoms with Crippen molar-refractivity contribution in [2.45, 2.75) is 32.1 Å². The Kier molecular flexibility index (Phi) is 3.36. The van der Waals surface area contributed by atoms with Crippen LogP contribution >= 0.6 is 11.3 Å². The van der Waals surface area contributed by atoms with Crippen LogP contribution in [0.5, 0.6) is 0 Å². The SMILES string of the molecule is O=C(O)C(Cc1cscn1)C1CCCC1. The van der Waals surface area contributed by atoms with Crippen molar-refractivity contribution in [3.63, 3.8) is 0 Å². The number of thiazole rings is 1. The molecule has 4 heteroatoms. The molecule has 1 aromatic heterocycles. The molecule has 0 spiro atoms. The monoisotopic (exact) mass is 225 g/mol. The number of rotatable bonds is 4. The lowest BCUT2D eigenvalue weighted by Gasteiger charge is -2.17. The van der Waals surface area contributed by atoms with Crippen LogP contribution in [-0.2, 0) is 11.2 Å². The Bertz CT molecular complexity index is 317. The van der Waals surface area contributed by atoms with E-state index >= 15 is 0 Å². The van der Waals surface area contributed by atoms with E-state index in [1.54, 1.807) is 5.51 Å². The maximum absolute atomic E-state index is 11.2. The van der Waals surface area contributed by atoms with E-state index < -0.39 is 5.97 Å². The second-order valence-electron chi connectivity index (χ2n) is 4.17. The van der Waals surface area contributed by atoms with Gasteiger partial charge in [0.25, 0.3) is 0 Å². The van der Waals surface area contributed by atoms with Gasteiger partial charge in [-0.25, -0.2) is 4.98 Å². The van der Waals surface area contributed by atoms with Crippen molar-refractivity contribution in [1.29, 1.82) is 0 Å². The number of nitrogens with zero attached hydrogens (tertiary/aromatic N) is 1. The Morgan fingerprint density at radius 3 is 2.87 bits per heavy atom. The molecule has 1 N–H and O–H groups in total. The predicted molar refractivity (Wildman–Crippen MR) is 58.9 cm³/mol. The zero-order valence-corrected chi connectivity index (χ0v) is 9.37. The maximum Gasteiger partial charge on any atom is 0.307 e. The van der Waals surface area contributed by atoms with Crippen LogP contribution in [0.1, 0.15) is 31.4 Å². The molecule has 82 valence electrons. The molecular formula is C11H15NO2S. The van der Waals surface area contributed by atoms with Crippen molar-refractivity contribution in [2.24, 2.45) is 11.8 Å². The fourth-order valence-electron chi connectivity index (χ4n) is 2.38. The zero-order valence-electron chi connectivity index (χ0n) is 8.56. The highest BCUT2D eigenvalue weighted by molar-refractivity contribution is 7.07. The molecule has 1 unspecified atom stereocenters. The lowest BCUT2D eigenvalue weighted by Crippen LogP contribution is -2.24. The van der Waals surface area contributed by atoms with E-state index in [2.05, 4.69) is 4.98 Å². The van der Waals surface area contributed by atoms with Gasteiger partial charge < -0.3 is 5.11 Å². The normalized spacial score (nSPS) is 19.2. The fourth-order valence-corrected chi connectivity index (χ4v) is 2.95. The van der Waals surface area contributed by atoms with Crippen LogP contribution in [0.15, 0.2) is 10.9 Å². The lowest BCUT2D eigenvalue weighted by molar-refractivity contribution is -0.143. The summed E-state index contributed by atoms with van der Waals surface area (Å²) in [5.74, 6) is -0.520. The molecule has 3 nitrogen and oxygen atoms in total. The Morgan fingerprint density at radius 2 is 2.33 bits per heavy atom. The van der Waals surface area contributed by atoms with E-state index in [9.17, 15) is 9.90 Å². The van der Waals surface area contributed by atoms with Crippen LogP contribution in [0.2, 0.25) is 0 Å². The molecule has 0 aliphatic heterocycles. The molecule has 0 bridgehead atoms. The third-order valence-electron chi connectivity index (χ3n) is 3.20. The first-order chi connectivity index (χ1) is 7.27. The first-order valence-corrected chi connectivity index (χ1v) is 6.31. The highest BCUT2D eigenvalue weighted by Crippen LogP contribution is 2.33. The summed E-state index contributed by atoms with van der Waals surface area (Å²) in [4.78, 5) is 15.4. The number of carboxylic acids is 1. The van der Waals surface area contributed by atoms with Crippen LogP contribution in [0.25, 0.3) is 0 Å². The quantitative estimate of drug-likeness (QED) is 0.856. The van der Waals surface area contributed by atoms with Gasteiger partial charge in [-0.05, 0) is 18.8 Å². The number of carbonyl (C=O) groups is 1. The summed E-state index contributed by atoms with van der Waals surface area (Å²) in [5.41, 5.74) is 2.70. The van der Waals surface area contributed by atoms with Gasteiger partial charge in [-0.3, -0.25) is 4.79 Å². The van der Waals surface area contributed by atoms with E-state index in [1.165, 1.54) is 24.2 Å². The maximum atomic E-state index is 11.2. The average molecular weight is 225 g/mol. The molecule has 1 atom stereocenters. The molecule has 1 heterocycles. The van der Waals surface area contributed by atoms with Crippen molar-refractivity contribution >= 4 is 17.3 Å². The van der Waals surface area contributed by atoms with Crippen LogP contribution in [0, 0.1) is 11.8 Å². The molecule has 0 aromatic carbocycles. The Morgan fingerprint density at radius 1 is 1.60 bits per heavy atom. The van der Waals surface area contributed by atoms with Gasteiger partial charge in [0.15, 0.2) is 0 Å². The van der Waals surface area contributed by atoms with Gasteiger partial charge in [0, 0.05) is 11.8 Å². The highest BCUT2D eigenvalue weighted by atomic mass is 32.1.